The third kappa shape index (κ3) is 3.57. The molecule has 1 aromatic rings. The summed E-state index contributed by atoms with van der Waals surface area (Å²) < 4.78 is 0. The van der Waals surface area contributed by atoms with Crippen LogP contribution in [0.25, 0.3) is 0 Å². The highest BCUT2D eigenvalue weighted by atomic mass is 14.9. The van der Waals surface area contributed by atoms with Crippen molar-refractivity contribution in [3.63, 3.8) is 0 Å². The van der Waals surface area contributed by atoms with Gasteiger partial charge < -0.3 is 5.32 Å². The van der Waals surface area contributed by atoms with Crippen molar-refractivity contribution in [1.29, 1.82) is 0 Å². The second-order valence-corrected chi connectivity index (χ2v) is 5.42. The lowest BCUT2D eigenvalue weighted by Crippen LogP contribution is -2.34. The molecule has 1 aliphatic rings. The van der Waals surface area contributed by atoms with Crippen molar-refractivity contribution in [3.05, 3.63) is 35.4 Å². The summed E-state index contributed by atoms with van der Waals surface area (Å²) in [5.41, 5.74) is 3.01. The van der Waals surface area contributed by atoms with Crippen molar-refractivity contribution in [3.8, 4) is 0 Å². The molecule has 2 atom stereocenters. The standard InChI is InChI=1S/C16H25N/c1-3-17-16-10-6-8-14(12-16)11-15-9-5-4-7-13(15)2/h4-5,7,9,14,16-17H,3,6,8,10-12H2,1-2H3. The van der Waals surface area contributed by atoms with Gasteiger partial charge in [-0.1, -0.05) is 44.0 Å². The first kappa shape index (κ1) is 12.6. The number of nitrogens with one attached hydrogen (secondary N) is 1. The molecule has 0 radical (unpaired) electrons. The van der Waals surface area contributed by atoms with E-state index in [0.717, 1.165) is 18.5 Å². The van der Waals surface area contributed by atoms with Gasteiger partial charge in [-0.3, -0.25) is 0 Å². The Morgan fingerprint density at radius 1 is 1.24 bits per heavy atom. The van der Waals surface area contributed by atoms with E-state index in [-0.39, 0.29) is 0 Å². The molecule has 0 heterocycles. The van der Waals surface area contributed by atoms with Crippen molar-refractivity contribution in [2.75, 3.05) is 6.54 Å². The average molecular weight is 231 g/mol. The Balaban J connectivity index is 1.92. The summed E-state index contributed by atoms with van der Waals surface area (Å²) in [5.74, 6) is 0.883. The molecule has 1 nitrogen and oxygen atoms in total. The van der Waals surface area contributed by atoms with Crippen LogP contribution in [-0.2, 0) is 6.42 Å². The maximum atomic E-state index is 3.61. The summed E-state index contributed by atoms with van der Waals surface area (Å²) in [6.45, 7) is 5.56. The molecule has 17 heavy (non-hydrogen) atoms. The SMILES string of the molecule is CCNC1CCCC(Cc2ccccc2C)C1. The van der Waals surface area contributed by atoms with Gasteiger partial charge in [-0.25, -0.2) is 0 Å². The first-order valence-corrected chi connectivity index (χ1v) is 7.07. The van der Waals surface area contributed by atoms with E-state index in [9.17, 15) is 0 Å². The largest absolute Gasteiger partial charge is 0.314 e. The summed E-state index contributed by atoms with van der Waals surface area (Å²) in [4.78, 5) is 0. The van der Waals surface area contributed by atoms with Crippen LogP contribution < -0.4 is 5.32 Å². The Morgan fingerprint density at radius 3 is 2.82 bits per heavy atom. The molecule has 0 bridgehead atoms. The number of rotatable bonds is 4. The fraction of sp³-hybridized carbons (Fsp3) is 0.625. The van der Waals surface area contributed by atoms with E-state index in [1.807, 2.05) is 0 Å². The minimum atomic E-state index is 0.766. The van der Waals surface area contributed by atoms with E-state index in [1.165, 1.54) is 37.7 Å². The zero-order valence-electron chi connectivity index (χ0n) is 11.2. The number of benzene rings is 1. The predicted molar refractivity (Wildman–Crippen MR) is 74.3 cm³/mol. The summed E-state index contributed by atoms with van der Waals surface area (Å²) in [5, 5.41) is 3.61. The van der Waals surface area contributed by atoms with Crippen LogP contribution in [-0.4, -0.2) is 12.6 Å². The maximum Gasteiger partial charge on any atom is 0.00697 e. The Hall–Kier alpha value is -0.820. The van der Waals surface area contributed by atoms with E-state index in [1.54, 1.807) is 5.56 Å². The van der Waals surface area contributed by atoms with E-state index in [0.29, 0.717) is 0 Å². The Labute approximate surface area is 106 Å². The fourth-order valence-corrected chi connectivity index (χ4v) is 3.10. The molecule has 1 heteroatoms. The molecule has 0 aliphatic heterocycles. The quantitative estimate of drug-likeness (QED) is 0.833. The van der Waals surface area contributed by atoms with E-state index < -0.39 is 0 Å². The Morgan fingerprint density at radius 2 is 2.06 bits per heavy atom. The highest BCUT2D eigenvalue weighted by Crippen LogP contribution is 2.28. The minimum Gasteiger partial charge on any atom is -0.314 e. The number of aryl methyl sites for hydroxylation is 1. The molecule has 0 saturated heterocycles. The summed E-state index contributed by atoms with van der Waals surface area (Å²) >= 11 is 0. The molecule has 0 spiro atoms. The summed E-state index contributed by atoms with van der Waals surface area (Å²) in [6, 6.07) is 9.61. The van der Waals surface area contributed by atoms with Gasteiger partial charge in [-0.2, -0.15) is 0 Å². The molecule has 1 aliphatic carbocycles. The van der Waals surface area contributed by atoms with Crippen molar-refractivity contribution >= 4 is 0 Å². The van der Waals surface area contributed by atoms with Crippen molar-refractivity contribution in [1.82, 2.24) is 5.32 Å². The normalized spacial score (nSPS) is 24.8. The Bertz CT molecular complexity index is 343. The van der Waals surface area contributed by atoms with Gasteiger partial charge in [0.05, 0.1) is 0 Å². The minimum absolute atomic E-state index is 0.766. The lowest BCUT2D eigenvalue weighted by atomic mass is 9.81. The number of hydrogen-bond acceptors (Lipinski definition) is 1. The van der Waals surface area contributed by atoms with Crippen LogP contribution in [0.2, 0.25) is 0 Å². The molecular formula is C16H25N. The van der Waals surface area contributed by atoms with Gasteiger partial charge in [0.2, 0.25) is 0 Å². The summed E-state index contributed by atoms with van der Waals surface area (Å²) in [7, 11) is 0. The van der Waals surface area contributed by atoms with Crippen LogP contribution in [0.5, 0.6) is 0 Å². The average Bonchev–Trinajstić information content (AvgIpc) is 2.33. The van der Waals surface area contributed by atoms with Crippen LogP contribution in [0.3, 0.4) is 0 Å². The highest BCUT2D eigenvalue weighted by molar-refractivity contribution is 5.26. The predicted octanol–water partition coefficient (Wildman–Crippen LogP) is 3.71. The van der Waals surface area contributed by atoms with Crippen LogP contribution in [0.15, 0.2) is 24.3 Å². The zero-order valence-corrected chi connectivity index (χ0v) is 11.2. The van der Waals surface area contributed by atoms with E-state index >= 15 is 0 Å². The molecule has 1 N–H and O–H groups in total. The van der Waals surface area contributed by atoms with Crippen molar-refractivity contribution in [2.24, 2.45) is 5.92 Å². The van der Waals surface area contributed by atoms with Gasteiger partial charge in [0.1, 0.15) is 0 Å². The third-order valence-corrected chi connectivity index (χ3v) is 4.05. The third-order valence-electron chi connectivity index (χ3n) is 4.05. The molecule has 1 aromatic carbocycles. The van der Waals surface area contributed by atoms with Gasteiger partial charge in [0.15, 0.2) is 0 Å². The smallest absolute Gasteiger partial charge is 0.00697 e. The summed E-state index contributed by atoms with van der Waals surface area (Å²) in [6.07, 6.45) is 6.82. The molecule has 2 rings (SSSR count). The van der Waals surface area contributed by atoms with E-state index in [2.05, 4.69) is 43.4 Å². The van der Waals surface area contributed by atoms with Crippen LogP contribution >= 0.6 is 0 Å². The Kier molecular flexibility index (Phi) is 4.61. The van der Waals surface area contributed by atoms with Gasteiger partial charge in [-0.05, 0) is 49.8 Å². The first-order valence-electron chi connectivity index (χ1n) is 7.07. The lowest BCUT2D eigenvalue weighted by molar-refractivity contribution is 0.287. The lowest BCUT2D eigenvalue weighted by Gasteiger charge is -2.30. The van der Waals surface area contributed by atoms with Gasteiger partial charge in [0.25, 0.3) is 0 Å². The maximum absolute atomic E-state index is 3.61. The topological polar surface area (TPSA) is 12.0 Å². The first-order chi connectivity index (χ1) is 8.29. The highest BCUT2D eigenvalue weighted by Gasteiger charge is 2.21. The van der Waals surface area contributed by atoms with Gasteiger partial charge >= 0.3 is 0 Å². The van der Waals surface area contributed by atoms with Crippen LogP contribution in [0.1, 0.15) is 43.7 Å². The van der Waals surface area contributed by atoms with Crippen molar-refractivity contribution < 1.29 is 0 Å². The molecule has 94 valence electrons. The van der Waals surface area contributed by atoms with E-state index in [4.69, 9.17) is 0 Å². The second-order valence-electron chi connectivity index (χ2n) is 5.42. The van der Waals surface area contributed by atoms with Crippen LogP contribution in [0.4, 0.5) is 0 Å². The molecule has 0 amide bonds. The molecular weight excluding hydrogens is 206 g/mol. The second kappa shape index (κ2) is 6.20. The van der Waals surface area contributed by atoms with Crippen molar-refractivity contribution in [2.45, 2.75) is 52.0 Å². The molecule has 0 aromatic heterocycles. The zero-order chi connectivity index (χ0) is 12.1. The molecule has 2 unspecified atom stereocenters. The fourth-order valence-electron chi connectivity index (χ4n) is 3.10. The van der Waals surface area contributed by atoms with Crippen LogP contribution in [0, 0.1) is 12.8 Å². The number of hydrogen-bond donors (Lipinski definition) is 1. The van der Waals surface area contributed by atoms with Gasteiger partial charge in [-0.15, -0.1) is 0 Å². The van der Waals surface area contributed by atoms with Gasteiger partial charge in [0, 0.05) is 6.04 Å². The molecule has 1 saturated carbocycles. The molecule has 1 fully saturated rings. The monoisotopic (exact) mass is 231 g/mol.